The largest absolute Gasteiger partial charge is 0.390 e. The Morgan fingerprint density at radius 1 is 1.17 bits per heavy atom. The van der Waals surface area contributed by atoms with E-state index < -0.39 is 23.8 Å². The molecule has 1 unspecified atom stereocenters. The van der Waals surface area contributed by atoms with Crippen LogP contribution in [0.4, 0.5) is 8.78 Å². The fraction of sp³-hybridized carbons (Fsp3) is 0.458. The van der Waals surface area contributed by atoms with E-state index in [1.165, 1.54) is 35.7 Å². The molecule has 3 atom stereocenters. The number of rotatable bonds is 8. The first-order valence-electron chi connectivity index (χ1n) is 10.6. The smallest absolute Gasteiger partial charge is 0.217 e. The number of carbonyl (C=O) groups excluding carboxylic acids is 1. The van der Waals surface area contributed by atoms with Gasteiger partial charge in [-0.25, -0.2) is 8.78 Å². The Hall–Kier alpha value is -2.31. The molecule has 0 fully saturated rings. The molecule has 0 bridgehead atoms. The molecule has 0 saturated carbocycles. The highest BCUT2D eigenvalue weighted by molar-refractivity contribution is 5.73. The Labute approximate surface area is 176 Å². The molecule has 3 rings (SSSR count). The fourth-order valence-corrected chi connectivity index (χ4v) is 4.21. The van der Waals surface area contributed by atoms with E-state index >= 15 is 0 Å². The lowest BCUT2D eigenvalue weighted by Gasteiger charge is -2.30. The summed E-state index contributed by atoms with van der Waals surface area (Å²) < 4.78 is 27.1. The van der Waals surface area contributed by atoms with Crippen molar-refractivity contribution in [3.8, 4) is 0 Å². The number of aliphatic hydroxyl groups is 1. The maximum Gasteiger partial charge on any atom is 0.217 e. The predicted molar refractivity (Wildman–Crippen MR) is 113 cm³/mol. The highest BCUT2D eigenvalue weighted by Crippen LogP contribution is 2.30. The quantitative estimate of drug-likeness (QED) is 0.616. The highest BCUT2D eigenvalue weighted by Gasteiger charge is 2.25. The van der Waals surface area contributed by atoms with Gasteiger partial charge >= 0.3 is 0 Å². The van der Waals surface area contributed by atoms with E-state index in [4.69, 9.17) is 0 Å². The number of hydrogen-bond acceptors (Lipinski definition) is 3. The number of aliphatic hydroxyl groups excluding tert-OH is 1. The lowest BCUT2D eigenvalue weighted by molar-refractivity contribution is -0.120. The van der Waals surface area contributed by atoms with E-state index in [9.17, 15) is 18.7 Å². The summed E-state index contributed by atoms with van der Waals surface area (Å²) in [5.74, 6) is -1.65. The van der Waals surface area contributed by atoms with E-state index in [1.54, 1.807) is 0 Å². The van der Waals surface area contributed by atoms with Crippen molar-refractivity contribution in [3.63, 3.8) is 0 Å². The van der Waals surface area contributed by atoms with Gasteiger partial charge in [-0.1, -0.05) is 25.1 Å². The predicted octanol–water partition coefficient (Wildman–Crippen LogP) is 3.60. The molecule has 0 saturated heterocycles. The van der Waals surface area contributed by atoms with Gasteiger partial charge in [0.05, 0.1) is 12.1 Å². The third-order valence-electron chi connectivity index (χ3n) is 5.74. The molecule has 4 nitrogen and oxygen atoms in total. The fourth-order valence-electron chi connectivity index (χ4n) is 4.21. The topological polar surface area (TPSA) is 61.4 Å². The van der Waals surface area contributed by atoms with Crippen LogP contribution in [0.3, 0.4) is 0 Å². The third-order valence-corrected chi connectivity index (χ3v) is 5.74. The minimum atomic E-state index is -0.903. The molecule has 30 heavy (non-hydrogen) atoms. The second-order valence-corrected chi connectivity index (χ2v) is 8.10. The van der Waals surface area contributed by atoms with E-state index in [2.05, 4.69) is 35.8 Å². The van der Waals surface area contributed by atoms with Gasteiger partial charge < -0.3 is 15.7 Å². The van der Waals surface area contributed by atoms with Gasteiger partial charge in [0.1, 0.15) is 11.6 Å². The van der Waals surface area contributed by atoms with Crippen molar-refractivity contribution in [3.05, 3.63) is 70.3 Å². The Kier molecular flexibility index (Phi) is 7.56. The molecule has 3 N–H and O–H groups in total. The average Bonchev–Trinajstić information content (AvgIpc) is 2.70. The number of benzene rings is 2. The third kappa shape index (κ3) is 5.86. The van der Waals surface area contributed by atoms with Gasteiger partial charge in [-0.2, -0.15) is 0 Å². The van der Waals surface area contributed by atoms with E-state index in [1.807, 2.05) is 0 Å². The van der Waals surface area contributed by atoms with E-state index in [0.29, 0.717) is 5.56 Å². The Balaban J connectivity index is 1.69. The van der Waals surface area contributed by atoms with Crippen molar-refractivity contribution in [2.75, 3.05) is 6.54 Å². The second-order valence-electron chi connectivity index (χ2n) is 8.10. The summed E-state index contributed by atoms with van der Waals surface area (Å²) in [5, 5.41) is 16.9. The maximum absolute atomic E-state index is 13.5. The molecule has 1 amide bonds. The number of halogens is 2. The van der Waals surface area contributed by atoms with Crippen LogP contribution in [0, 0.1) is 11.6 Å². The summed E-state index contributed by atoms with van der Waals surface area (Å²) in [5.41, 5.74) is 4.28. The van der Waals surface area contributed by atoms with Gasteiger partial charge in [0.2, 0.25) is 5.91 Å². The molecule has 0 radical (unpaired) electrons. The molecule has 6 heteroatoms. The van der Waals surface area contributed by atoms with Gasteiger partial charge in [-0.3, -0.25) is 4.79 Å². The summed E-state index contributed by atoms with van der Waals surface area (Å²) in [6, 6.07) is 9.33. The molecule has 0 aromatic heterocycles. The lowest BCUT2D eigenvalue weighted by Crippen LogP contribution is -2.48. The van der Waals surface area contributed by atoms with Crippen molar-refractivity contribution in [2.45, 2.75) is 64.1 Å². The summed E-state index contributed by atoms with van der Waals surface area (Å²) in [6.45, 7) is 3.76. The molecular weight excluding hydrogens is 386 g/mol. The van der Waals surface area contributed by atoms with Gasteiger partial charge in [0.25, 0.3) is 0 Å². The summed E-state index contributed by atoms with van der Waals surface area (Å²) in [4.78, 5) is 11.6. The van der Waals surface area contributed by atoms with Crippen molar-refractivity contribution < 1.29 is 18.7 Å². The molecule has 1 aliphatic rings. The normalized spacial score (nSPS) is 17.8. The first-order chi connectivity index (χ1) is 14.4. The van der Waals surface area contributed by atoms with Crippen LogP contribution in [0.1, 0.15) is 55.0 Å². The maximum atomic E-state index is 13.5. The van der Waals surface area contributed by atoms with Crippen LogP contribution in [-0.4, -0.2) is 29.7 Å². The van der Waals surface area contributed by atoms with Gasteiger partial charge in [0.15, 0.2) is 0 Å². The number of hydrogen-bond donors (Lipinski definition) is 3. The molecule has 162 valence electrons. The van der Waals surface area contributed by atoms with Gasteiger partial charge in [-0.15, -0.1) is 0 Å². The summed E-state index contributed by atoms with van der Waals surface area (Å²) >= 11 is 0. The SMILES string of the molecule is CCc1ccc2c(c1)[C@@H](NC[C@@H](O)C(Cc1cc(F)cc(F)c1)NC(C)=O)CCC2. The van der Waals surface area contributed by atoms with Crippen LogP contribution in [-0.2, 0) is 24.1 Å². The summed E-state index contributed by atoms with van der Waals surface area (Å²) in [7, 11) is 0. The van der Waals surface area contributed by atoms with Crippen LogP contribution in [0.15, 0.2) is 36.4 Å². The van der Waals surface area contributed by atoms with E-state index in [-0.39, 0.29) is 24.9 Å². The minimum Gasteiger partial charge on any atom is -0.390 e. The zero-order valence-corrected chi connectivity index (χ0v) is 17.6. The molecular formula is C24H30F2N2O2. The Morgan fingerprint density at radius 3 is 2.57 bits per heavy atom. The standard InChI is InChI=1S/C24H30F2N2O2/c1-3-16-7-8-18-5-4-6-22(21(18)11-16)27-14-24(30)23(28-15(2)29)12-17-9-19(25)13-20(26)10-17/h7-11,13,22-24,27,30H,3-6,12,14H2,1-2H3,(H,28,29)/t22-,23?,24+/m0/s1. The summed E-state index contributed by atoms with van der Waals surface area (Å²) in [6.07, 6.45) is 3.31. The first kappa shape index (κ1) is 22.4. The highest BCUT2D eigenvalue weighted by atomic mass is 19.1. The second kappa shape index (κ2) is 10.1. The average molecular weight is 417 g/mol. The molecule has 2 aromatic carbocycles. The van der Waals surface area contributed by atoms with Gasteiger partial charge in [0, 0.05) is 25.6 Å². The van der Waals surface area contributed by atoms with Crippen LogP contribution >= 0.6 is 0 Å². The van der Waals surface area contributed by atoms with Crippen LogP contribution < -0.4 is 10.6 Å². The minimum absolute atomic E-state index is 0.137. The van der Waals surface area contributed by atoms with Crippen LogP contribution in [0.5, 0.6) is 0 Å². The zero-order valence-electron chi connectivity index (χ0n) is 17.6. The van der Waals surface area contributed by atoms with Gasteiger partial charge in [-0.05, 0) is 66.5 Å². The van der Waals surface area contributed by atoms with E-state index in [0.717, 1.165) is 31.7 Å². The molecule has 2 aromatic rings. The monoisotopic (exact) mass is 416 g/mol. The molecule has 0 aliphatic heterocycles. The van der Waals surface area contributed by atoms with Crippen molar-refractivity contribution >= 4 is 5.91 Å². The Bertz CT molecular complexity index is 867. The van der Waals surface area contributed by atoms with Crippen molar-refractivity contribution in [1.82, 2.24) is 10.6 Å². The molecule has 1 aliphatic carbocycles. The van der Waals surface area contributed by atoms with Crippen LogP contribution in [0.2, 0.25) is 0 Å². The number of nitrogens with one attached hydrogen (secondary N) is 2. The van der Waals surface area contributed by atoms with Crippen molar-refractivity contribution in [2.24, 2.45) is 0 Å². The number of aryl methyl sites for hydroxylation is 2. The first-order valence-corrected chi connectivity index (χ1v) is 10.6. The number of carbonyl (C=O) groups is 1. The van der Waals surface area contributed by atoms with Crippen molar-refractivity contribution in [1.29, 1.82) is 0 Å². The number of fused-ring (bicyclic) bond motifs is 1. The lowest BCUT2D eigenvalue weighted by atomic mass is 9.86. The number of amides is 1. The molecule has 0 spiro atoms. The zero-order chi connectivity index (χ0) is 21.7. The molecule has 0 heterocycles. The Morgan fingerprint density at radius 2 is 1.90 bits per heavy atom. The van der Waals surface area contributed by atoms with Crippen LogP contribution in [0.25, 0.3) is 0 Å².